The Morgan fingerprint density at radius 2 is 1.32 bits per heavy atom. The number of nitrogens with one attached hydrogen (secondary N) is 1. The highest BCUT2D eigenvalue weighted by molar-refractivity contribution is 7.86. The summed E-state index contributed by atoms with van der Waals surface area (Å²) in [7, 11) is -3.80. The lowest BCUT2D eigenvalue weighted by Gasteiger charge is -2.07. The second kappa shape index (κ2) is 5.42. The Labute approximate surface area is 113 Å². The van der Waals surface area contributed by atoms with Crippen LogP contribution in [-0.2, 0) is 14.4 Å². The zero-order chi connectivity index (χ0) is 13.9. The molecular formula is C14H15NO3S. The van der Waals surface area contributed by atoms with Gasteiger partial charge in [-0.2, -0.15) is 8.42 Å². The number of rotatable bonds is 4. The van der Waals surface area contributed by atoms with Gasteiger partial charge in [-0.05, 0) is 38.1 Å². The molecule has 0 atom stereocenters. The summed E-state index contributed by atoms with van der Waals surface area (Å²) in [4.78, 5) is 0.123. The lowest BCUT2D eigenvalue weighted by atomic mass is 10.2. The maximum Gasteiger partial charge on any atom is 0.317 e. The molecule has 100 valence electrons. The summed E-state index contributed by atoms with van der Waals surface area (Å²) in [6, 6.07) is 13.7. The zero-order valence-electron chi connectivity index (χ0n) is 10.8. The van der Waals surface area contributed by atoms with Crippen LogP contribution in [-0.4, -0.2) is 8.42 Å². The largest absolute Gasteiger partial charge is 0.317 e. The molecule has 0 saturated carbocycles. The summed E-state index contributed by atoms with van der Waals surface area (Å²) in [5, 5.41) is 0. The van der Waals surface area contributed by atoms with Crippen molar-refractivity contribution in [1.82, 2.24) is 0 Å². The van der Waals surface area contributed by atoms with Crippen molar-refractivity contribution in [3.05, 3.63) is 59.7 Å². The molecule has 1 N–H and O–H groups in total. The van der Waals surface area contributed by atoms with Crippen LogP contribution in [0.5, 0.6) is 0 Å². The normalized spacial score (nSPS) is 11.3. The molecule has 0 aliphatic rings. The minimum Gasteiger partial charge on any atom is -0.249 e. The Bertz CT molecular complexity index is 646. The number of anilines is 1. The molecule has 0 spiro atoms. The Hall–Kier alpha value is -1.85. The molecule has 2 aromatic rings. The third-order valence-corrected chi connectivity index (χ3v) is 3.78. The van der Waals surface area contributed by atoms with Crippen molar-refractivity contribution in [3.63, 3.8) is 0 Å². The van der Waals surface area contributed by atoms with Crippen molar-refractivity contribution in [1.29, 1.82) is 0 Å². The molecule has 0 radical (unpaired) electrons. The Kier molecular flexibility index (Phi) is 3.87. The van der Waals surface area contributed by atoms with Crippen LogP contribution in [0.1, 0.15) is 11.1 Å². The van der Waals surface area contributed by atoms with Gasteiger partial charge in [0.15, 0.2) is 0 Å². The highest BCUT2D eigenvalue weighted by atomic mass is 32.2. The first kappa shape index (κ1) is 13.6. The molecule has 19 heavy (non-hydrogen) atoms. The van der Waals surface area contributed by atoms with Gasteiger partial charge in [0.1, 0.15) is 0 Å². The maximum absolute atomic E-state index is 11.9. The Balaban J connectivity index is 2.09. The number of hydrogen-bond acceptors (Lipinski definition) is 4. The van der Waals surface area contributed by atoms with Crippen molar-refractivity contribution in [2.24, 2.45) is 0 Å². The number of benzene rings is 2. The molecule has 4 nitrogen and oxygen atoms in total. The summed E-state index contributed by atoms with van der Waals surface area (Å²) in [6.07, 6.45) is 0. The fraction of sp³-hybridized carbons (Fsp3) is 0.143. The van der Waals surface area contributed by atoms with Crippen LogP contribution >= 0.6 is 0 Å². The molecule has 0 unspecified atom stereocenters. The average molecular weight is 277 g/mol. The van der Waals surface area contributed by atoms with Crippen LogP contribution in [0, 0.1) is 13.8 Å². The minimum atomic E-state index is -3.80. The topological polar surface area (TPSA) is 55.4 Å². The summed E-state index contributed by atoms with van der Waals surface area (Å²) >= 11 is 0. The third kappa shape index (κ3) is 3.56. The van der Waals surface area contributed by atoms with E-state index in [9.17, 15) is 8.42 Å². The van der Waals surface area contributed by atoms with Crippen molar-refractivity contribution < 1.29 is 12.7 Å². The fourth-order valence-corrected chi connectivity index (χ4v) is 2.25. The van der Waals surface area contributed by atoms with Crippen LogP contribution in [0.3, 0.4) is 0 Å². The van der Waals surface area contributed by atoms with Gasteiger partial charge < -0.3 is 0 Å². The average Bonchev–Trinajstić information content (AvgIpc) is 2.39. The third-order valence-electron chi connectivity index (χ3n) is 2.63. The van der Waals surface area contributed by atoms with E-state index in [1.54, 1.807) is 24.3 Å². The molecule has 5 heteroatoms. The lowest BCUT2D eigenvalue weighted by Crippen LogP contribution is -2.11. The van der Waals surface area contributed by atoms with E-state index >= 15 is 0 Å². The predicted octanol–water partition coefficient (Wildman–Crippen LogP) is 3.04. The van der Waals surface area contributed by atoms with E-state index in [0.717, 1.165) is 11.1 Å². The van der Waals surface area contributed by atoms with Gasteiger partial charge in [-0.25, -0.2) is 5.48 Å². The van der Waals surface area contributed by atoms with E-state index in [-0.39, 0.29) is 4.90 Å². The van der Waals surface area contributed by atoms with Crippen molar-refractivity contribution in [2.45, 2.75) is 18.7 Å². The van der Waals surface area contributed by atoms with Gasteiger partial charge in [0, 0.05) is 0 Å². The molecule has 2 aromatic carbocycles. The Morgan fingerprint density at radius 3 is 1.84 bits per heavy atom. The summed E-state index contributed by atoms with van der Waals surface area (Å²) < 4.78 is 28.6. The van der Waals surface area contributed by atoms with Crippen molar-refractivity contribution in [3.8, 4) is 0 Å². The summed E-state index contributed by atoms with van der Waals surface area (Å²) in [6.45, 7) is 3.84. The van der Waals surface area contributed by atoms with Gasteiger partial charge in [-0.1, -0.05) is 35.4 Å². The summed E-state index contributed by atoms with van der Waals surface area (Å²) in [5.74, 6) is 0. The monoisotopic (exact) mass is 277 g/mol. The fourth-order valence-electron chi connectivity index (χ4n) is 1.48. The van der Waals surface area contributed by atoms with E-state index < -0.39 is 10.1 Å². The molecule has 0 saturated heterocycles. The highest BCUT2D eigenvalue weighted by Gasteiger charge is 2.15. The predicted molar refractivity (Wildman–Crippen MR) is 74.3 cm³/mol. The standard InChI is InChI=1S/C14H15NO3S/c1-11-3-7-13(8-4-11)15-18-19(16,17)14-9-5-12(2)6-10-14/h3-10,15H,1-2H3. The molecule has 0 amide bonds. The van der Waals surface area contributed by atoms with E-state index in [4.69, 9.17) is 4.28 Å². The van der Waals surface area contributed by atoms with Gasteiger partial charge in [-0.3, -0.25) is 0 Å². The lowest BCUT2D eigenvalue weighted by molar-refractivity contribution is 0.391. The van der Waals surface area contributed by atoms with Crippen LogP contribution in [0.25, 0.3) is 0 Å². The summed E-state index contributed by atoms with van der Waals surface area (Å²) in [5.41, 5.74) is 5.10. The van der Waals surface area contributed by atoms with Gasteiger partial charge in [0.25, 0.3) is 0 Å². The minimum absolute atomic E-state index is 0.123. The molecule has 0 aliphatic carbocycles. The number of hydrogen-bond donors (Lipinski definition) is 1. The van der Waals surface area contributed by atoms with Crippen LogP contribution < -0.4 is 5.48 Å². The smallest absolute Gasteiger partial charge is 0.249 e. The van der Waals surface area contributed by atoms with Crippen LogP contribution in [0.4, 0.5) is 5.69 Å². The van der Waals surface area contributed by atoms with E-state index in [2.05, 4.69) is 5.48 Å². The molecule has 2 rings (SSSR count). The van der Waals surface area contributed by atoms with Gasteiger partial charge >= 0.3 is 10.1 Å². The molecular weight excluding hydrogens is 262 g/mol. The second-order valence-electron chi connectivity index (χ2n) is 4.32. The van der Waals surface area contributed by atoms with Crippen molar-refractivity contribution in [2.75, 3.05) is 5.48 Å². The molecule has 0 fully saturated rings. The Morgan fingerprint density at radius 1 is 0.842 bits per heavy atom. The van der Waals surface area contributed by atoms with Gasteiger partial charge in [0.2, 0.25) is 0 Å². The van der Waals surface area contributed by atoms with Gasteiger partial charge in [-0.15, -0.1) is 4.28 Å². The van der Waals surface area contributed by atoms with Crippen molar-refractivity contribution >= 4 is 15.8 Å². The van der Waals surface area contributed by atoms with Gasteiger partial charge in [0.05, 0.1) is 10.6 Å². The quantitative estimate of drug-likeness (QED) is 0.873. The first-order valence-electron chi connectivity index (χ1n) is 5.80. The van der Waals surface area contributed by atoms with Crippen LogP contribution in [0.2, 0.25) is 0 Å². The second-order valence-corrected chi connectivity index (χ2v) is 5.86. The molecule has 0 bridgehead atoms. The first-order chi connectivity index (χ1) is 8.97. The highest BCUT2D eigenvalue weighted by Crippen LogP contribution is 2.15. The molecule has 0 heterocycles. The van der Waals surface area contributed by atoms with E-state index in [0.29, 0.717) is 5.69 Å². The van der Waals surface area contributed by atoms with E-state index in [1.807, 2.05) is 26.0 Å². The zero-order valence-corrected chi connectivity index (χ0v) is 11.6. The first-order valence-corrected chi connectivity index (χ1v) is 7.21. The molecule has 0 aliphatic heterocycles. The SMILES string of the molecule is Cc1ccc(NOS(=O)(=O)c2ccc(C)cc2)cc1. The maximum atomic E-state index is 11.9. The van der Waals surface area contributed by atoms with Crippen LogP contribution in [0.15, 0.2) is 53.4 Å². The van der Waals surface area contributed by atoms with E-state index in [1.165, 1.54) is 12.1 Å². The molecule has 0 aromatic heterocycles. The number of aryl methyl sites for hydroxylation is 2.